The summed E-state index contributed by atoms with van der Waals surface area (Å²) in [5.41, 5.74) is 4.78. The molecule has 0 saturated heterocycles. The molecule has 202 valence electrons. The molecule has 1 aromatic heterocycles. The van der Waals surface area contributed by atoms with Crippen molar-refractivity contribution in [3.63, 3.8) is 0 Å². The van der Waals surface area contributed by atoms with E-state index in [0.717, 1.165) is 32.2 Å². The largest absolute Gasteiger partial charge is 0.508 e. The summed E-state index contributed by atoms with van der Waals surface area (Å²) in [7, 11) is 4.01. The molecule has 0 aliphatic heterocycles. The normalized spacial score (nSPS) is 34.6. The van der Waals surface area contributed by atoms with Crippen LogP contribution in [0.15, 0.2) is 42.3 Å². The van der Waals surface area contributed by atoms with Gasteiger partial charge >= 0.3 is 6.16 Å². The van der Waals surface area contributed by atoms with Crippen molar-refractivity contribution in [2.75, 3.05) is 40.5 Å². The Bertz CT molecular complexity index is 1020. The molecule has 4 aliphatic rings. The molecule has 37 heavy (non-hydrogen) atoms. The van der Waals surface area contributed by atoms with Crippen LogP contribution in [0.4, 0.5) is 4.79 Å². The lowest BCUT2D eigenvalue weighted by Crippen LogP contribution is -2.50. The van der Waals surface area contributed by atoms with Gasteiger partial charge in [0.15, 0.2) is 0 Å². The second-order valence-corrected chi connectivity index (χ2v) is 12.3. The Morgan fingerprint density at radius 3 is 2.68 bits per heavy atom. The first-order chi connectivity index (χ1) is 17.8. The van der Waals surface area contributed by atoms with Crippen LogP contribution in [0.25, 0.3) is 5.57 Å². The molecule has 6 nitrogen and oxygen atoms in total. The van der Waals surface area contributed by atoms with Gasteiger partial charge in [-0.2, -0.15) is 0 Å². The van der Waals surface area contributed by atoms with Crippen LogP contribution in [0.3, 0.4) is 0 Å². The molecule has 5 rings (SSSR count). The number of nitrogens with zero attached hydrogens (tertiary/aromatic N) is 2. The van der Waals surface area contributed by atoms with Crippen LogP contribution < -0.4 is 0 Å². The number of likely N-dealkylation sites (N-methyl/N-ethyl adjacent to an activating group) is 1. The number of pyridine rings is 1. The molecule has 0 unspecified atom stereocenters. The smallest absolute Gasteiger partial charge is 0.432 e. The lowest BCUT2D eigenvalue weighted by Gasteiger charge is -2.57. The van der Waals surface area contributed by atoms with Crippen LogP contribution in [0.2, 0.25) is 0 Å². The Morgan fingerprint density at radius 1 is 1.05 bits per heavy atom. The minimum atomic E-state index is -0.563. The lowest BCUT2D eigenvalue weighted by molar-refractivity contribution is -0.0389. The van der Waals surface area contributed by atoms with Gasteiger partial charge in [0, 0.05) is 25.4 Å². The molecule has 0 radical (unpaired) electrons. The maximum Gasteiger partial charge on any atom is 0.508 e. The highest BCUT2D eigenvalue weighted by Gasteiger charge is 2.57. The van der Waals surface area contributed by atoms with Gasteiger partial charge in [-0.05, 0) is 98.4 Å². The first kappa shape index (κ1) is 26.4. The third-order valence-corrected chi connectivity index (χ3v) is 10.0. The van der Waals surface area contributed by atoms with Crippen LogP contribution >= 0.6 is 0 Å². The number of allylic oxidation sites excluding steroid dienone is 3. The van der Waals surface area contributed by atoms with E-state index >= 15 is 0 Å². The van der Waals surface area contributed by atoms with Crippen molar-refractivity contribution in [1.29, 1.82) is 0 Å². The van der Waals surface area contributed by atoms with Crippen molar-refractivity contribution < 1.29 is 19.0 Å². The zero-order valence-corrected chi connectivity index (χ0v) is 23.1. The molecule has 0 aromatic carbocycles. The van der Waals surface area contributed by atoms with Gasteiger partial charge in [-0.15, -0.1) is 0 Å². The van der Waals surface area contributed by atoms with Crippen molar-refractivity contribution in [2.24, 2.45) is 28.6 Å². The van der Waals surface area contributed by atoms with Crippen LogP contribution in [-0.2, 0) is 14.2 Å². The van der Waals surface area contributed by atoms with Crippen molar-refractivity contribution in [3.05, 3.63) is 47.8 Å². The second-order valence-electron chi connectivity index (χ2n) is 12.3. The summed E-state index contributed by atoms with van der Waals surface area (Å²) in [6.07, 6.45) is 15.9. The fourth-order valence-corrected chi connectivity index (χ4v) is 7.97. The van der Waals surface area contributed by atoms with E-state index in [1.165, 1.54) is 36.0 Å². The summed E-state index contributed by atoms with van der Waals surface area (Å²) < 4.78 is 16.5. The fourth-order valence-electron chi connectivity index (χ4n) is 7.97. The molecule has 1 heterocycles. The zero-order valence-electron chi connectivity index (χ0n) is 23.1. The summed E-state index contributed by atoms with van der Waals surface area (Å²) in [5, 5.41) is 0. The van der Waals surface area contributed by atoms with E-state index in [1.54, 1.807) is 0 Å². The van der Waals surface area contributed by atoms with E-state index in [2.05, 4.69) is 48.0 Å². The predicted octanol–water partition coefficient (Wildman–Crippen LogP) is 6.14. The van der Waals surface area contributed by atoms with E-state index in [1.807, 2.05) is 26.5 Å². The number of rotatable bonds is 8. The Morgan fingerprint density at radius 2 is 1.89 bits per heavy atom. The molecular formula is C31H44N2O4. The van der Waals surface area contributed by atoms with Gasteiger partial charge in [0.25, 0.3) is 0 Å². The maximum absolute atomic E-state index is 12.3. The molecule has 1 aromatic rings. The molecule has 0 spiro atoms. The predicted molar refractivity (Wildman–Crippen MR) is 145 cm³/mol. The van der Waals surface area contributed by atoms with Gasteiger partial charge in [-0.3, -0.25) is 4.98 Å². The zero-order chi connectivity index (χ0) is 26.0. The van der Waals surface area contributed by atoms with Crippen molar-refractivity contribution in [1.82, 2.24) is 9.88 Å². The molecule has 2 fully saturated rings. The van der Waals surface area contributed by atoms with Crippen LogP contribution in [0, 0.1) is 28.6 Å². The summed E-state index contributed by atoms with van der Waals surface area (Å²) in [5.74, 6) is 2.12. The van der Waals surface area contributed by atoms with Crippen LogP contribution in [0.5, 0.6) is 0 Å². The minimum absolute atomic E-state index is 0.0859. The minimum Gasteiger partial charge on any atom is -0.432 e. The highest BCUT2D eigenvalue weighted by molar-refractivity contribution is 5.72. The standard InChI is InChI=1S/C31H44N2O4/c1-30-13-11-24(37-29(34)36-19-18-35-17-16-33(3)4)20-23(30)7-8-25-27-10-9-26(22-6-5-15-32-21-22)31(27,2)14-12-28(25)30/h5-7,9,15,21,24-25,27-28H,8,10-14,16-20H2,1-4H3/t24-,25-,27-,28-,30-,31+/m0/s1. The summed E-state index contributed by atoms with van der Waals surface area (Å²) in [4.78, 5) is 18.8. The fraction of sp³-hybridized carbons (Fsp3) is 0.677. The number of ether oxygens (including phenoxy) is 3. The quantitative estimate of drug-likeness (QED) is 0.239. The van der Waals surface area contributed by atoms with Crippen LogP contribution in [0.1, 0.15) is 64.4 Å². The third kappa shape index (κ3) is 5.24. The van der Waals surface area contributed by atoms with Gasteiger partial charge < -0.3 is 19.1 Å². The van der Waals surface area contributed by atoms with Crippen molar-refractivity contribution >= 4 is 11.7 Å². The molecule has 0 N–H and O–H groups in total. The SMILES string of the molecule is CN(C)CCOCCOC(=O)O[C@H]1CC[C@@]2(C)C(=CC[C@@H]3[C@@H]2CC[C@]2(C)C(c4cccnc4)=CC[C@@H]32)C1. The molecule has 2 saturated carbocycles. The average Bonchev–Trinajstić information content (AvgIpc) is 3.24. The average molecular weight is 509 g/mol. The Balaban J connectivity index is 1.17. The van der Waals surface area contributed by atoms with E-state index in [-0.39, 0.29) is 23.5 Å². The lowest BCUT2D eigenvalue weighted by atomic mass is 9.47. The topological polar surface area (TPSA) is 60.9 Å². The molecule has 0 amide bonds. The monoisotopic (exact) mass is 508 g/mol. The number of carbonyl (C=O) groups excluding carboxylic acids is 1. The second kappa shape index (κ2) is 10.9. The van der Waals surface area contributed by atoms with E-state index < -0.39 is 6.16 Å². The van der Waals surface area contributed by atoms with Gasteiger partial charge in [-0.25, -0.2) is 4.79 Å². The molecule has 6 atom stereocenters. The van der Waals surface area contributed by atoms with Crippen LogP contribution in [-0.4, -0.2) is 62.6 Å². The Labute approximate surface area is 222 Å². The first-order valence-electron chi connectivity index (χ1n) is 14.2. The number of fused-ring (bicyclic) bond motifs is 5. The van der Waals surface area contributed by atoms with Crippen molar-refractivity contribution in [3.8, 4) is 0 Å². The number of hydrogen-bond acceptors (Lipinski definition) is 6. The van der Waals surface area contributed by atoms with Gasteiger partial charge in [0.2, 0.25) is 0 Å². The molecule has 0 bridgehead atoms. The number of hydrogen-bond donors (Lipinski definition) is 0. The van der Waals surface area contributed by atoms with E-state index in [0.29, 0.717) is 31.0 Å². The highest BCUT2D eigenvalue weighted by atomic mass is 16.7. The molecular weight excluding hydrogens is 464 g/mol. The summed E-state index contributed by atoms with van der Waals surface area (Å²) in [6, 6.07) is 4.29. The Hall–Kier alpha value is -2.18. The van der Waals surface area contributed by atoms with E-state index in [9.17, 15) is 4.79 Å². The summed E-state index contributed by atoms with van der Waals surface area (Å²) >= 11 is 0. The molecule has 6 heteroatoms. The molecule has 4 aliphatic carbocycles. The highest BCUT2D eigenvalue weighted by Crippen LogP contribution is 2.66. The van der Waals surface area contributed by atoms with Gasteiger partial charge in [0.1, 0.15) is 12.7 Å². The number of carbonyl (C=O) groups is 1. The Kier molecular flexibility index (Phi) is 7.78. The van der Waals surface area contributed by atoms with Gasteiger partial charge in [-0.1, -0.05) is 37.6 Å². The van der Waals surface area contributed by atoms with Crippen molar-refractivity contribution in [2.45, 2.75) is 64.9 Å². The maximum atomic E-state index is 12.3. The third-order valence-electron chi connectivity index (χ3n) is 10.0. The first-order valence-corrected chi connectivity index (χ1v) is 14.2. The van der Waals surface area contributed by atoms with E-state index in [4.69, 9.17) is 14.2 Å². The summed E-state index contributed by atoms with van der Waals surface area (Å²) in [6.45, 7) is 7.11. The van der Waals surface area contributed by atoms with Gasteiger partial charge in [0.05, 0.1) is 13.2 Å². The number of aromatic nitrogens is 1.